The summed E-state index contributed by atoms with van der Waals surface area (Å²) in [5.74, 6) is 1.48. The summed E-state index contributed by atoms with van der Waals surface area (Å²) in [6.45, 7) is 5.04. The van der Waals surface area contributed by atoms with Gasteiger partial charge >= 0.3 is 0 Å². The van der Waals surface area contributed by atoms with Gasteiger partial charge in [0.25, 0.3) is 0 Å². The van der Waals surface area contributed by atoms with Gasteiger partial charge in [-0.2, -0.15) is 0 Å². The Balaban J connectivity index is 2.36. The van der Waals surface area contributed by atoms with Crippen LogP contribution in [0.1, 0.15) is 83.3 Å². The molecule has 0 amide bonds. The highest BCUT2D eigenvalue weighted by atomic mass is 16.5. The van der Waals surface area contributed by atoms with Crippen molar-refractivity contribution in [3.63, 3.8) is 0 Å². The molecule has 1 unspecified atom stereocenters. The molecule has 0 aliphatic rings. The lowest BCUT2D eigenvalue weighted by Gasteiger charge is -2.15. The third-order valence-corrected chi connectivity index (χ3v) is 4.14. The number of hydrogen-bond donors (Lipinski definition) is 1. The van der Waals surface area contributed by atoms with Crippen LogP contribution in [-0.2, 0) is 0 Å². The first kappa shape index (κ1) is 19.8. The van der Waals surface area contributed by atoms with Crippen molar-refractivity contribution in [3.8, 4) is 11.5 Å². The van der Waals surface area contributed by atoms with Gasteiger partial charge in [-0.15, -0.1) is 0 Å². The Bertz CT molecular complexity index is 417. The first-order valence-corrected chi connectivity index (χ1v) is 9.21. The Morgan fingerprint density at radius 3 is 2.26 bits per heavy atom. The van der Waals surface area contributed by atoms with Gasteiger partial charge in [0.15, 0.2) is 11.5 Å². The quantitative estimate of drug-likeness (QED) is 0.476. The number of rotatable bonds is 13. The van der Waals surface area contributed by atoms with E-state index >= 15 is 0 Å². The van der Waals surface area contributed by atoms with Gasteiger partial charge in [-0.3, -0.25) is 0 Å². The summed E-state index contributed by atoms with van der Waals surface area (Å²) in [6, 6.07) is 5.73. The number of aliphatic hydroxyl groups is 1. The molecule has 0 radical (unpaired) electrons. The highest BCUT2D eigenvalue weighted by Crippen LogP contribution is 2.31. The molecule has 0 aliphatic carbocycles. The van der Waals surface area contributed by atoms with Crippen LogP contribution in [0.25, 0.3) is 0 Å². The second kappa shape index (κ2) is 12.2. The number of unbranched alkanes of at least 4 members (excludes halogenated alkanes) is 6. The maximum atomic E-state index is 10.1. The summed E-state index contributed by atoms with van der Waals surface area (Å²) in [5, 5.41) is 10.1. The molecule has 1 aromatic carbocycles. The fraction of sp³-hybridized carbons (Fsp3) is 0.700. The summed E-state index contributed by atoms with van der Waals surface area (Å²) in [4.78, 5) is 0. The van der Waals surface area contributed by atoms with Crippen molar-refractivity contribution in [3.05, 3.63) is 23.8 Å². The molecular formula is C20H34O3. The van der Waals surface area contributed by atoms with E-state index in [1.165, 1.54) is 38.5 Å². The van der Waals surface area contributed by atoms with Crippen LogP contribution in [0.4, 0.5) is 0 Å². The van der Waals surface area contributed by atoms with E-state index in [0.29, 0.717) is 5.75 Å². The molecule has 0 aliphatic heterocycles. The normalized spacial score (nSPS) is 12.2. The third-order valence-electron chi connectivity index (χ3n) is 4.14. The Morgan fingerprint density at radius 2 is 1.61 bits per heavy atom. The topological polar surface area (TPSA) is 38.7 Å². The summed E-state index contributed by atoms with van der Waals surface area (Å²) in [7, 11) is 1.64. The molecular weight excluding hydrogens is 288 g/mol. The van der Waals surface area contributed by atoms with E-state index in [2.05, 4.69) is 13.8 Å². The van der Waals surface area contributed by atoms with E-state index in [-0.39, 0.29) is 0 Å². The number of methoxy groups -OCH3 is 1. The molecule has 1 atom stereocenters. The zero-order chi connectivity index (χ0) is 16.9. The highest BCUT2D eigenvalue weighted by Gasteiger charge is 2.11. The van der Waals surface area contributed by atoms with Crippen molar-refractivity contribution < 1.29 is 14.6 Å². The largest absolute Gasteiger partial charge is 0.493 e. The molecule has 0 heterocycles. The summed E-state index contributed by atoms with van der Waals surface area (Å²) < 4.78 is 11.2. The lowest BCUT2D eigenvalue weighted by molar-refractivity contribution is 0.166. The monoisotopic (exact) mass is 322 g/mol. The Morgan fingerprint density at radius 1 is 0.913 bits per heavy atom. The second-order valence-electron chi connectivity index (χ2n) is 6.18. The van der Waals surface area contributed by atoms with Crippen molar-refractivity contribution >= 4 is 0 Å². The smallest absolute Gasteiger partial charge is 0.161 e. The molecule has 0 bridgehead atoms. The minimum atomic E-state index is -0.425. The lowest BCUT2D eigenvalue weighted by Crippen LogP contribution is -2.02. The van der Waals surface area contributed by atoms with E-state index in [9.17, 15) is 5.11 Å². The van der Waals surface area contributed by atoms with E-state index in [1.807, 2.05) is 18.2 Å². The predicted octanol–water partition coefficient (Wildman–Crippen LogP) is 5.66. The molecule has 3 nitrogen and oxygen atoms in total. The molecule has 0 aromatic heterocycles. The Hall–Kier alpha value is -1.22. The first-order chi connectivity index (χ1) is 11.2. The molecule has 23 heavy (non-hydrogen) atoms. The molecule has 3 heteroatoms. The van der Waals surface area contributed by atoms with Gasteiger partial charge in [-0.1, -0.05) is 64.9 Å². The number of hydrogen-bond acceptors (Lipinski definition) is 3. The van der Waals surface area contributed by atoms with E-state index in [1.54, 1.807) is 7.11 Å². The maximum Gasteiger partial charge on any atom is 0.161 e. The molecule has 0 spiro atoms. The van der Waals surface area contributed by atoms with Crippen LogP contribution in [0.2, 0.25) is 0 Å². The van der Waals surface area contributed by atoms with Gasteiger partial charge in [0, 0.05) is 0 Å². The fourth-order valence-corrected chi connectivity index (χ4v) is 2.69. The van der Waals surface area contributed by atoms with E-state index < -0.39 is 6.10 Å². The SMILES string of the molecule is CCCCCCCCCOc1ccc(C(O)CCC)cc1OC. The third kappa shape index (κ3) is 7.74. The van der Waals surface area contributed by atoms with Gasteiger partial charge in [0.1, 0.15) is 0 Å². The van der Waals surface area contributed by atoms with E-state index in [0.717, 1.165) is 37.2 Å². The van der Waals surface area contributed by atoms with Crippen molar-refractivity contribution in [2.75, 3.05) is 13.7 Å². The van der Waals surface area contributed by atoms with Crippen LogP contribution < -0.4 is 9.47 Å². The van der Waals surface area contributed by atoms with E-state index in [4.69, 9.17) is 9.47 Å². The fourth-order valence-electron chi connectivity index (χ4n) is 2.69. The average Bonchev–Trinajstić information content (AvgIpc) is 2.57. The first-order valence-electron chi connectivity index (χ1n) is 9.21. The summed E-state index contributed by atoms with van der Waals surface area (Å²) in [6.07, 6.45) is 10.2. The van der Waals surface area contributed by atoms with Gasteiger partial charge < -0.3 is 14.6 Å². The zero-order valence-electron chi connectivity index (χ0n) is 15.1. The van der Waals surface area contributed by atoms with Crippen LogP contribution in [0.3, 0.4) is 0 Å². The van der Waals surface area contributed by atoms with Crippen LogP contribution in [0, 0.1) is 0 Å². The summed E-state index contributed by atoms with van der Waals surface area (Å²) >= 11 is 0. The highest BCUT2D eigenvalue weighted by molar-refractivity contribution is 5.43. The van der Waals surface area contributed by atoms with Crippen LogP contribution in [-0.4, -0.2) is 18.8 Å². The molecule has 1 rings (SSSR count). The molecule has 1 aromatic rings. The van der Waals surface area contributed by atoms with Crippen molar-refractivity contribution in [2.45, 2.75) is 77.7 Å². The molecule has 0 fully saturated rings. The van der Waals surface area contributed by atoms with Gasteiger partial charge in [0.05, 0.1) is 19.8 Å². The van der Waals surface area contributed by atoms with Crippen LogP contribution >= 0.6 is 0 Å². The van der Waals surface area contributed by atoms with Crippen molar-refractivity contribution in [1.82, 2.24) is 0 Å². The number of ether oxygens (including phenoxy) is 2. The standard InChI is InChI=1S/C20H34O3/c1-4-6-7-8-9-10-11-15-23-19-14-13-17(16-20(19)22-3)18(21)12-5-2/h13-14,16,18,21H,4-12,15H2,1-3H3. The van der Waals surface area contributed by atoms with Gasteiger partial charge in [0.2, 0.25) is 0 Å². The average molecular weight is 322 g/mol. The van der Waals surface area contributed by atoms with Crippen molar-refractivity contribution in [2.24, 2.45) is 0 Å². The number of aliphatic hydroxyl groups excluding tert-OH is 1. The molecule has 1 N–H and O–H groups in total. The number of benzene rings is 1. The minimum Gasteiger partial charge on any atom is -0.493 e. The minimum absolute atomic E-state index is 0.425. The van der Waals surface area contributed by atoms with Gasteiger partial charge in [-0.05, 0) is 30.5 Å². The second-order valence-corrected chi connectivity index (χ2v) is 6.18. The Labute approximate surface area is 142 Å². The van der Waals surface area contributed by atoms with Crippen molar-refractivity contribution in [1.29, 1.82) is 0 Å². The predicted molar refractivity (Wildman–Crippen MR) is 96.3 cm³/mol. The molecule has 132 valence electrons. The van der Waals surface area contributed by atoms with Crippen LogP contribution in [0.5, 0.6) is 11.5 Å². The van der Waals surface area contributed by atoms with Crippen LogP contribution in [0.15, 0.2) is 18.2 Å². The lowest BCUT2D eigenvalue weighted by atomic mass is 10.0. The van der Waals surface area contributed by atoms with Gasteiger partial charge in [-0.25, -0.2) is 0 Å². The molecule has 0 saturated heterocycles. The molecule has 0 saturated carbocycles. The maximum absolute atomic E-state index is 10.1. The zero-order valence-corrected chi connectivity index (χ0v) is 15.1. The Kier molecular flexibility index (Phi) is 10.5. The summed E-state index contributed by atoms with van der Waals surface area (Å²) in [5.41, 5.74) is 0.895.